The van der Waals surface area contributed by atoms with Crippen molar-refractivity contribution < 1.29 is 18.7 Å². The Bertz CT molecular complexity index is 1870. The SMILES string of the molecule is Cc1ccc(NC(=O)c2cc(F)cc(N3CCOCC3)c2)cc1Nc1ncnn2cc(C(=O)NC(C)c3ccccn3)c(C)c12. The van der Waals surface area contributed by atoms with Gasteiger partial charge in [0.25, 0.3) is 11.8 Å². The molecule has 2 aromatic carbocycles. The van der Waals surface area contributed by atoms with Gasteiger partial charge in [0.05, 0.1) is 30.5 Å². The summed E-state index contributed by atoms with van der Waals surface area (Å²) in [6.45, 7) is 8.02. The molecule has 1 atom stereocenters. The lowest BCUT2D eigenvalue weighted by Gasteiger charge is -2.29. The summed E-state index contributed by atoms with van der Waals surface area (Å²) in [5.74, 6) is -0.672. The third-order valence-electron chi connectivity index (χ3n) is 7.82. The van der Waals surface area contributed by atoms with E-state index in [1.165, 1.54) is 18.5 Å². The highest BCUT2D eigenvalue weighted by molar-refractivity contribution is 6.05. The number of hydrogen-bond acceptors (Lipinski definition) is 8. The molecule has 11 nitrogen and oxygen atoms in total. The van der Waals surface area contributed by atoms with Crippen molar-refractivity contribution in [2.75, 3.05) is 41.8 Å². The molecule has 1 saturated heterocycles. The van der Waals surface area contributed by atoms with Gasteiger partial charge in [0.1, 0.15) is 17.7 Å². The smallest absolute Gasteiger partial charge is 0.255 e. The number of amides is 2. The Morgan fingerprint density at radius 2 is 1.82 bits per heavy atom. The van der Waals surface area contributed by atoms with Crippen molar-refractivity contribution in [3.63, 3.8) is 0 Å². The topological polar surface area (TPSA) is 126 Å². The highest BCUT2D eigenvalue weighted by Gasteiger charge is 2.21. The minimum absolute atomic E-state index is 0.219. The quantitative estimate of drug-likeness (QED) is 0.219. The van der Waals surface area contributed by atoms with Crippen molar-refractivity contribution in [1.82, 2.24) is 24.9 Å². The molecule has 0 spiro atoms. The van der Waals surface area contributed by atoms with Crippen LogP contribution in [0, 0.1) is 19.7 Å². The monoisotopic (exact) mass is 608 g/mol. The molecule has 12 heteroatoms. The van der Waals surface area contributed by atoms with E-state index in [0.717, 1.165) is 11.3 Å². The van der Waals surface area contributed by atoms with Crippen molar-refractivity contribution >= 4 is 40.2 Å². The number of carbonyl (C=O) groups excluding carboxylic acids is 2. The fourth-order valence-electron chi connectivity index (χ4n) is 5.34. The van der Waals surface area contributed by atoms with Gasteiger partial charge < -0.3 is 25.6 Å². The van der Waals surface area contributed by atoms with Crippen LogP contribution >= 0.6 is 0 Å². The van der Waals surface area contributed by atoms with Gasteiger partial charge in [0.15, 0.2) is 5.82 Å². The number of rotatable bonds is 8. The largest absolute Gasteiger partial charge is 0.378 e. The van der Waals surface area contributed by atoms with Crippen LogP contribution in [0.3, 0.4) is 0 Å². The Kier molecular flexibility index (Phi) is 8.39. The lowest BCUT2D eigenvalue weighted by Crippen LogP contribution is -2.36. The first-order valence-corrected chi connectivity index (χ1v) is 14.6. The van der Waals surface area contributed by atoms with E-state index in [4.69, 9.17) is 4.74 Å². The number of halogens is 1. The summed E-state index contributed by atoms with van der Waals surface area (Å²) in [5, 5.41) is 13.6. The van der Waals surface area contributed by atoms with Crippen LogP contribution in [-0.2, 0) is 4.74 Å². The first-order chi connectivity index (χ1) is 21.8. The van der Waals surface area contributed by atoms with Crippen molar-refractivity contribution in [3.05, 3.63) is 107 Å². The van der Waals surface area contributed by atoms with Crippen molar-refractivity contribution in [2.45, 2.75) is 26.8 Å². The van der Waals surface area contributed by atoms with Gasteiger partial charge >= 0.3 is 0 Å². The van der Waals surface area contributed by atoms with Gasteiger partial charge in [-0.2, -0.15) is 5.10 Å². The molecule has 230 valence electrons. The number of nitrogens with one attached hydrogen (secondary N) is 3. The average Bonchev–Trinajstić information content (AvgIpc) is 3.40. The van der Waals surface area contributed by atoms with Gasteiger partial charge in [-0.15, -0.1) is 0 Å². The predicted octanol–water partition coefficient (Wildman–Crippen LogP) is 5.20. The fraction of sp³-hybridized carbons (Fsp3) is 0.242. The number of pyridine rings is 1. The van der Waals surface area contributed by atoms with Gasteiger partial charge in [0.2, 0.25) is 0 Å². The van der Waals surface area contributed by atoms with Gasteiger partial charge in [0, 0.05) is 48.1 Å². The summed E-state index contributed by atoms with van der Waals surface area (Å²) in [4.78, 5) is 37.2. The summed E-state index contributed by atoms with van der Waals surface area (Å²) in [7, 11) is 0. The van der Waals surface area contributed by atoms with E-state index in [-0.39, 0.29) is 17.5 Å². The number of aromatic nitrogens is 4. The molecular formula is C33H33FN8O3. The summed E-state index contributed by atoms with van der Waals surface area (Å²) >= 11 is 0. The van der Waals surface area contributed by atoms with E-state index in [1.807, 2.05) is 49.9 Å². The minimum atomic E-state index is -0.481. The third kappa shape index (κ3) is 6.46. The predicted molar refractivity (Wildman–Crippen MR) is 170 cm³/mol. The molecule has 1 fully saturated rings. The minimum Gasteiger partial charge on any atom is -0.378 e. The maximum absolute atomic E-state index is 14.5. The van der Waals surface area contributed by atoms with E-state index >= 15 is 0 Å². The van der Waals surface area contributed by atoms with Gasteiger partial charge in [-0.05, 0) is 74.4 Å². The molecule has 2 amide bonds. The standard InChI is InChI=1S/C33H33FN8O3/c1-20-7-8-25(39-32(43)23-14-24(34)16-26(15-23)41-10-12-45-13-11-41)17-29(20)40-31-30-21(2)27(18-42(30)37-19-36-31)33(44)38-22(3)28-6-4-5-9-35-28/h4-9,14-19,22H,10-13H2,1-3H3,(H,38,44)(H,39,43)(H,36,37,40). The van der Waals surface area contributed by atoms with Gasteiger partial charge in [-0.25, -0.2) is 13.9 Å². The number of nitrogens with zero attached hydrogens (tertiary/aromatic N) is 5. The number of hydrogen-bond donors (Lipinski definition) is 3. The van der Waals surface area contributed by atoms with Crippen molar-refractivity contribution in [1.29, 1.82) is 0 Å². The van der Waals surface area contributed by atoms with E-state index in [1.54, 1.807) is 35.1 Å². The summed E-state index contributed by atoms with van der Waals surface area (Å²) < 4.78 is 21.5. The zero-order chi connectivity index (χ0) is 31.5. The van der Waals surface area contributed by atoms with Crippen molar-refractivity contribution in [2.24, 2.45) is 0 Å². The Morgan fingerprint density at radius 3 is 2.60 bits per heavy atom. The maximum atomic E-state index is 14.5. The Labute approximate surface area is 259 Å². The number of morpholine rings is 1. The summed E-state index contributed by atoms with van der Waals surface area (Å²) in [6, 6.07) is 15.1. The molecule has 4 heterocycles. The van der Waals surface area contributed by atoms with E-state index in [0.29, 0.717) is 65.8 Å². The average molecular weight is 609 g/mol. The van der Waals surface area contributed by atoms with Crippen LogP contribution in [0.1, 0.15) is 50.5 Å². The molecule has 6 rings (SSSR count). The van der Waals surface area contributed by atoms with Crippen LogP contribution in [0.15, 0.2) is 73.3 Å². The highest BCUT2D eigenvalue weighted by atomic mass is 19.1. The molecule has 3 N–H and O–H groups in total. The second-order valence-corrected chi connectivity index (χ2v) is 10.9. The second kappa shape index (κ2) is 12.7. The lowest BCUT2D eigenvalue weighted by molar-refractivity contribution is 0.0937. The molecule has 1 aliphatic heterocycles. The second-order valence-electron chi connectivity index (χ2n) is 10.9. The van der Waals surface area contributed by atoms with Gasteiger partial charge in [-0.1, -0.05) is 12.1 Å². The van der Waals surface area contributed by atoms with E-state index in [2.05, 4.69) is 31.0 Å². The number of carbonyl (C=O) groups is 2. The summed E-state index contributed by atoms with van der Waals surface area (Å²) in [6.07, 6.45) is 4.77. The Balaban J connectivity index is 1.22. The molecular weight excluding hydrogens is 575 g/mol. The van der Waals surface area contributed by atoms with Crippen LogP contribution in [0.25, 0.3) is 5.52 Å². The Morgan fingerprint density at radius 1 is 1.00 bits per heavy atom. The summed E-state index contributed by atoms with van der Waals surface area (Å²) in [5.41, 5.74) is 5.53. The molecule has 0 saturated carbocycles. The number of ether oxygens (including phenoxy) is 1. The molecule has 5 aromatic rings. The normalized spacial score (nSPS) is 13.8. The lowest BCUT2D eigenvalue weighted by atomic mass is 10.1. The molecule has 3 aromatic heterocycles. The number of fused-ring (bicyclic) bond motifs is 1. The zero-order valence-electron chi connectivity index (χ0n) is 25.2. The number of aryl methyl sites for hydroxylation is 2. The van der Waals surface area contributed by atoms with Crippen LogP contribution < -0.4 is 20.9 Å². The Hall–Kier alpha value is -5.36. The number of anilines is 4. The molecule has 0 radical (unpaired) electrons. The third-order valence-corrected chi connectivity index (χ3v) is 7.82. The van der Waals surface area contributed by atoms with Crippen LogP contribution in [-0.4, -0.2) is 57.7 Å². The number of benzene rings is 2. The van der Waals surface area contributed by atoms with Gasteiger partial charge in [-0.3, -0.25) is 14.6 Å². The molecule has 1 aliphatic rings. The van der Waals surface area contributed by atoms with Crippen LogP contribution in [0.5, 0.6) is 0 Å². The molecule has 45 heavy (non-hydrogen) atoms. The van der Waals surface area contributed by atoms with Crippen molar-refractivity contribution in [3.8, 4) is 0 Å². The maximum Gasteiger partial charge on any atom is 0.255 e. The molecule has 0 bridgehead atoms. The van der Waals surface area contributed by atoms with E-state index in [9.17, 15) is 14.0 Å². The van der Waals surface area contributed by atoms with Crippen LogP contribution in [0.4, 0.5) is 27.3 Å². The molecule has 0 aliphatic carbocycles. The first kappa shape index (κ1) is 29.7. The van der Waals surface area contributed by atoms with E-state index < -0.39 is 11.7 Å². The first-order valence-electron chi connectivity index (χ1n) is 14.6. The molecule has 1 unspecified atom stereocenters. The zero-order valence-corrected chi connectivity index (χ0v) is 25.2. The van der Waals surface area contributed by atoms with Crippen LogP contribution in [0.2, 0.25) is 0 Å². The highest BCUT2D eigenvalue weighted by Crippen LogP contribution is 2.29. The fourth-order valence-corrected chi connectivity index (χ4v) is 5.34.